The molecule has 0 aromatic heterocycles. The Morgan fingerprint density at radius 2 is 0.741 bits per heavy atom. The lowest BCUT2D eigenvalue weighted by Crippen LogP contribution is -2.61. The average molecular weight is 1190 g/mol. The van der Waals surface area contributed by atoms with Crippen LogP contribution >= 0.6 is 0 Å². The molecule has 0 radical (unpaired) electrons. The molecule has 1 heterocycles. The molecule has 0 bridgehead atoms. The van der Waals surface area contributed by atoms with E-state index in [1.165, 1.54) is 25.7 Å². The summed E-state index contributed by atoms with van der Waals surface area (Å²) in [6, 6.07) is 0. The van der Waals surface area contributed by atoms with Gasteiger partial charge >= 0.3 is 23.9 Å². The van der Waals surface area contributed by atoms with Crippen LogP contribution in [-0.4, -0.2) is 89.2 Å². The van der Waals surface area contributed by atoms with Crippen LogP contribution in [0.4, 0.5) is 0 Å². The summed E-state index contributed by atoms with van der Waals surface area (Å²) in [6.45, 7) is 5.72. The fourth-order valence-electron chi connectivity index (χ4n) is 9.18. The van der Waals surface area contributed by atoms with Crippen LogP contribution in [0, 0.1) is 0 Å². The number of carboxylic acids is 1. The van der Waals surface area contributed by atoms with Crippen molar-refractivity contribution in [2.45, 2.75) is 289 Å². The topological polar surface area (TPSA) is 175 Å². The van der Waals surface area contributed by atoms with Crippen molar-refractivity contribution in [2.24, 2.45) is 0 Å². The fraction of sp³-hybridized carbons (Fsp3) is 0.644. The third-order valence-electron chi connectivity index (χ3n) is 14.2. The maximum atomic E-state index is 13.2. The Bertz CT molecular complexity index is 1990. The van der Waals surface area contributed by atoms with E-state index in [1.54, 1.807) is 0 Å². The van der Waals surface area contributed by atoms with E-state index >= 15 is 0 Å². The van der Waals surface area contributed by atoms with E-state index in [9.17, 15) is 34.5 Å². The van der Waals surface area contributed by atoms with Crippen molar-refractivity contribution in [2.75, 3.05) is 13.2 Å². The largest absolute Gasteiger partial charge is 0.479 e. The van der Waals surface area contributed by atoms with E-state index in [0.29, 0.717) is 19.3 Å². The summed E-state index contributed by atoms with van der Waals surface area (Å²) in [5, 5.41) is 31.6. The molecule has 12 heteroatoms. The van der Waals surface area contributed by atoms with Gasteiger partial charge in [0.25, 0.3) is 0 Å². The summed E-state index contributed by atoms with van der Waals surface area (Å²) in [6.07, 6.45) is 71.1. The molecule has 480 valence electrons. The van der Waals surface area contributed by atoms with E-state index < -0.39 is 67.3 Å². The average Bonchev–Trinajstić information content (AvgIpc) is 2.79. The van der Waals surface area contributed by atoms with Crippen molar-refractivity contribution in [3.05, 3.63) is 134 Å². The van der Waals surface area contributed by atoms with E-state index in [4.69, 9.17) is 23.7 Å². The summed E-state index contributed by atoms with van der Waals surface area (Å²) in [7, 11) is 0. The lowest BCUT2D eigenvalue weighted by molar-refractivity contribution is -0.301. The van der Waals surface area contributed by atoms with Gasteiger partial charge in [0.05, 0.1) is 6.61 Å². The summed E-state index contributed by atoms with van der Waals surface area (Å²) >= 11 is 0. The van der Waals surface area contributed by atoms with Gasteiger partial charge in [0.1, 0.15) is 18.8 Å². The number of aliphatic hydroxyl groups excluding tert-OH is 2. The van der Waals surface area contributed by atoms with Crippen LogP contribution in [0.15, 0.2) is 134 Å². The third kappa shape index (κ3) is 48.6. The van der Waals surface area contributed by atoms with E-state index in [0.717, 1.165) is 167 Å². The minimum absolute atomic E-state index is 0.0117. The van der Waals surface area contributed by atoms with Crippen LogP contribution in [0.2, 0.25) is 0 Å². The maximum absolute atomic E-state index is 13.2. The van der Waals surface area contributed by atoms with Crippen LogP contribution in [0.1, 0.15) is 252 Å². The summed E-state index contributed by atoms with van der Waals surface area (Å²) in [4.78, 5) is 51.4. The maximum Gasteiger partial charge on any atom is 0.335 e. The van der Waals surface area contributed by atoms with Gasteiger partial charge in [-0.05, 0) is 135 Å². The SMILES string of the molecule is CC/C=C\C/C=C\C/C=C\C/C=C\C/C=C\CCCCCC(=O)OC1C(OCC(COC(=O)CCCCCCCC/C=C\C/C=C\C/C=C\CCCCC)OC(=O)CCCCCCCCC/C=C\C/C=C\C/C=C\CC)OC(C(=O)O)C(O)C1O. The van der Waals surface area contributed by atoms with Gasteiger partial charge in [0.2, 0.25) is 0 Å². The predicted molar refractivity (Wildman–Crippen MR) is 349 cm³/mol. The minimum atomic E-state index is -1.93. The Morgan fingerprint density at radius 3 is 1.14 bits per heavy atom. The number of aliphatic hydroxyl groups is 2. The van der Waals surface area contributed by atoms with Crippen LogP contribution < -0.4 is 0 Å². The zero-order valence-corrected chi connectivity index (χ0v) is 53.1. The molecule has 0 spiro atoms. The number of allylic oxidation sites excluding steroid dienone is 22. The molecular formula is C73H116O12. The molecular weight excluding hydrogens is 1070 g/mol. The van der Waals surface area contributed by atoms with Gasteiger partial charge in [-0.2, -0.15) is 0 Å². The van der Waals surface area contributed by atoms with E-state index in [2.05, 4.69) is 154 Å². The molecule has 1 saturated heterocycles. The zero-order valence-electron chi connectivity index (χ0n) is 53.1. The van der Waals surface area contributed by atoms with Crippen LogP contribution in [0.25, 0.3) is 0 Å². The highest BCUT2D eigenvalue weighted by Crippen LogP contribution is 2.26. The van der Waals surface area contributed by atoms with Crippen molar-refractivity contribution in [3.8, 4) is 0 Å². The molecule has 6 atom stereocenters. The van der Waals surface area contributed by atoms with Crippen molar-refractivity contribution in [3.63, 3.8) is 0 Å². The fourth-order valence-corrected chi connectivity index (χ4v) is 9.18. The molecule has 85 heavy (non-hydrogen) atoms. The molecule has 3 N–H and O–H groups in total. The second kappa shape index (κ2) is 59.2. The Labute approximate surface area is 515 Å². The zero-order chi connectivity index (χ0) is 61.7. The second-order valence-corrected chi connectivity index (χ2v) is 22.0. The smallest absolute Gasteiger partial charge is 0.335 e. The van der Waals surface area contributed by atoms with Gasteiger partial charge in [-0.3, -0.25) is 14.4 Å². The number of unbranched alkanes of at least 4 members (excludes halogenated alkanes) is 19. The number of hydrogen-bond acceptors (Lipinski definition) is 11. The number of hydrogen-bond donors (Lipinski definition) is 3. The molecule has 1 fully saturated rings. The molecule has 0 amide bonds. The normalized spacial score (nSPS) is 18.3. The van der Waals surface area contributed by atoms with Gasteiger partial charge < -0.3 is 39.0 Å². The highest BCUT2D eigenvalue weighted by Gasteiger charge is 2.50. The third-order valence-corrected chi connectivity index (χ3v) is 14.2. The minimum Gasteiger partial charge on any atom is -0.479 e. The molecule has 6 unspecified atom stereocenters. The second-order valence-electron chi connectivity index (χ2n) is 22.0. The highest BCUT2D eigenvalue weighted by molar-refractivity contribution is 5.74. The predicted octanol–water partition coefficient (Wildman–Crippen LogP) is 18.1. The number of ether oxygens (including phenoxy) is 5. The Hall–Kier alpha value is -5.14. The van der Waals surface area contributed by atoms with Crippen LogP contribution in [0.5, 0.6) is 0 Å². The van der Waals surface area contributed by atoms with Crippen LogP contribution in [-0.2, 0) is 42.9 Å². The Morgan fingerprint density at radius 1 is 0.400 bits per heavy atom. The monoisotopic (exact) mass is 1180 g/mol. The first-order valence-electron chi connectivity index (χ1n) is 33.2. The molecule has 1 aliphatic rings. The molecule has 1 aliphatic heterocycles. The van der Waals surface area contributed by atoms with E-state index in [-0.39, 0.29) is 25.9 Å². The van der Waals surface area contributed by atoms with E-state index in [1.807, 2.05) is 0 Å². The van der Waals surface area contributed by atoms with Crippen LogP contribution in [0.3, 0.4) is 0 Å². The Balaban J connectivity index is 2.70. The van der Waals surface area contributed by atoms with Gasteiger partial charge in [-0.1, -0.05) is 231 Å². The highest BCUT2D eigenvalue weighted by atomic mass is 16.7. The number of rotatable bonds is 55. The van der Waals surface area contributed by atoms with Crippen molar-refractivity contribution >= 4 is 23.9 Å². The first-order valence-corrected chi connectivity index (χ1v) is 33.2. The molecule has 0 aliphatic carbocycles. The molecule has 1 rings (SSSR count). The first kappa shape index (κ1) is 77.9. The molecule has 0 saturated carbocycles. The summed E-state index contributed by atoms with van der Waals surface area (Å²) in [5.74, 6) is -3.20. The molecule has 0 aromatic rings. The number of carboxylic acid groups (broad SMARTS) is 1. The number of carbonyl (C=O) groups is 4. The van der Waals surface area contributed by atoms with Crippen molar-refractivity contribution < 1.29 is 58.2 Å². The number of esters is 3. The molecule has 0 aromatic carbocycles. The lowest BCUT2D eigenvalue weighted by Gasteiger charge is -2.40. The summed E-state index contributed by atoms with van der Waals surface area (Å²) < 4.78 is 28.5. The quantitative estimate of drug-likeness (QED) is 0.0228. The molecule has 12 nitrogen and oxygen atoms in total. The number of carbonyl (C=O) groups excluding carboxylic acids is 3. The number of aliphatic carboxylic acids is 1. The van der Waals surface area contributed by atoms with Gasteiger partial charge in [0.15, 0.2) is 24.6 Å². The van der Waals surface area contributed by atoms with Gasteiger partial charge in [0, 0.05) is 19.3 Å². The summed E-state index contributed by atoms with van der Waals surface area (Å²) in [5.41, 5.74) is 0. The Kier molecular flexibility index (Phi) is 54.2. The van der Waals surface area contributed by atoms with Crippen molar-refractivity contribution in [1.82, 2.24) is 0 Å². The lowest BCUT2D eigenvalue weighted by atomic mass is 9.98. The standard InChI is InChI=1S/C73H116O12/c1-4-7-10-13-16-19-22-25-28-31-33-36-38-41-44-47-50-53-56-59-65(74)81-62-64(83-66(75)60-57-54-51-48-45-42-39-35-30-27-24-21-18-15-12-9-6-3)63-82-73-71(69(78)68(77)70(85-73)72(79)80)84-67(76)61-58-55-52-49-46-43-40-37-34-32-29-26-23-20-17-14-11-8-5-2/h8-9,11-12,16-21,25-30,33-34,36-37,43,46,64,68-71,73,77-78H,4-7,10,13-15,22-24,31-32,35,38-42,44-45,47-63H2,1-3H3,(H,79,80)/b11-8-,12-9-,19-16-,20-17-,21-18-,28-25-,29-26-,30-27-,36-33-,37-34-,46-43-. The first-order chi connectivity index (χ1) is 41.6. The van der Waals surface area contributed by atoms with Crippen molar-refractivity contribution in [1.29, 1.82) is 0 Å². The van der Waals surface area contributed by atoms with Gasteiger partial charge in [-0.15, -0.1) is 0 Å². The van der Waals surface area contributed by atoms with Gasteiger partial charge in [-0.25, -0.2) is 4.79 Å².